The quantitative estimate of drug-likeness (QED) is 0.913. The molecular formula is C16H17ClN6O. The zero-order valence-electron chi connectivity index (χ0n) is 13.7. The third-order valence-corrected chi connectivity index (χ3v) is 4.65. The molecule has 1 aliphatic heterocycles. The Morgan fingerprint density at radius 2 is 2.17 bits per heavy atom. The minimum atomic E-state index is -0.197. The highest BCUT2D eigenvalue weighted by atomic mass is 35.5. The topological polar surface area (TPSA) is 86.8 Å². The Morgan fingerprint density at radius 3 is 2.75 bits per heavy atom. The van der Waals surface area contributed by atoms with Crippen molar-refractivity contribution in [1.82, 2.24) is 20.1 Å². The third-order valence-electron chi connectivity index (χ3n) is 4.09. The van der Waals surface area contributed by atoms with Crippen LogP contribution in [0.15, 0.2) is 12.3 Å². The maximum absolute atomic E-state index is 12.1. The molecule has 1 saturated heterocycles. The van der Waals surface area contributed by atoms with Crippen LogP contribution in [0.4, 0.5) is 5.82 Å². The van der Waals surface area contributed by atoms with Crippen molar-refractivity contribution in [3.05, 3.63) is 39.8 Å². The predicted molar refractivity (Wildman–Crippen MR) is 90.1 cm³/mol. The number of aromatic nitrogens is 3. The lowest BCUT2D eigenvalue weighted by Gasteiger charge is -2.41. The molecule has 0 radical (unpaired) electrons. The Bertz CT molecular complexity index is 847. The Labute approximate surface area is 144 Å². The average Bonchev–Trinajstić information content (AvgIpc) is 2.94. The van der Waals surface area contributed by atoms with Crippen LogP contribution in [-0.2, 0) is 7.05 Å². The lowest BCUT2D eigenvalue weighted by atomic mass is 10.0. The third kappa shape index (κ3) is 2.81. The highest BCUT2D eigenvalue weighted by Gasteiger charge is 2.32. The summed E-state index contributed by atoms with van der Waals surface area (Å²) in [7, 11) is 1.77. The summed E-state index contributed by atoms with van der Waals surface area (Å²) in [6, 6.07) is 3.85. The van der Waals surface area contributed by atoms with Crippen molar-refractivity contribution in [1.29, 1.82) is 5.26 Å². The molecule has 1 N–H and O–H groups in total. The molecular weight excluding hydrogens is 328 g/mol. The van der Waals surface area contributed by atoms with Crippen molar-refractivity contribution in [3.63, 3.8) is 0 Å². The molecule has 0 aromatic carbocycles. The van der Waals surface area contributed by atoms with Gasteiger partial charge in [-0.3, -0.25) is 9.48 Å². The minimum Gasteiger partial charge on any atom is -0.351 e. The van der Waals surface area contributed by atoms with Crippen LogP contribution < -0.4 is 10.2 Å². The van der Waals surface area contributed by atoms with Crippen molar-refractivity contribution < 1.29 is 4.79 Å². The predicted octanol–water partition coefficient (Wildman–Crippen LogP) is 1.58. The molecule has 124 valence electrons. The highest BCUT2D eigenvalue weighted by Crippen LogP contribution is 2.31. The first kappa shape index (κ1) is 16.3. The van der Waals surface area contributed by atoms with Gasteiger partial charge in [-0.1, -0.05) is 11.6 Å². The van der Waals surface area contributed by atoms with Crippen LogP contribution in [0.5, 0.6) is 0 Å². The molecule has 3 rings (SSSR count). The van der Waals surface area contributed by atoms with Gasteiger partial charge in [-0.2, -0.15) is 10.4 Å². The molecule has 1 fully saturated rings. The average molecular weight is 345 g/mol. The largest absolute Gasteiger partial charge is 0.351 e. The number of nitrogens with zero attached hydrogens (tertiary/aromatic N) is 5. The number of nitriles is 1. The number of aryl methyl sites for hydroxylation is 2. The molecule has 0 spiro atoms. The summed E-state index contributed by atoms with van der Waals surface area (Å²) in [5.41, 5.74) is 2.32. The first-order valence-electron chi connectivity index (χ1n) is 7.53. The van der Waals surface area contributed by atoms with Gasteiger partial charge in [0.15, 0.2) is 0 Å². The molecule has 2 aromatic rings. The lowest BCUT2D eigenvalue weighted by Crippen LogP contribution is -2.60. The van der Waals surface area contributed by atoms with Gasteiger partial charge >= 0.3 is 0 Å². The Hall–Kier alpha value is -2.59. The van der Waals surface area contributed by atoms with E-state index in [9.17, 15) is 10.1 Å². The standard InChI is InChI=1S/C16H17ClN6O/c1-9-12(6-18)15(19-10(2)14(9)17)23-7-11(8-23)20-16(24)13-4-5-22(3)21-13/h4-5,11H,7-8H2,1-3H3,(H,20,24). The van der Waals surface area contributed by atoms with Crippen molar-refractivity contribution >= 4 is 23.3 Å². The SMILES string of the molecule is Cc1nc(N2CC(NC(=O)c3ccn(C)n3)C2)c(C#N)c(C)c1Cl. The second-order valence-corrected chi connectivity index (χ2v) is 6.27. The monoisotopic (exact) mass is 344 g/mol. The van der Waals surface area contributed by atoms with Gasteiger partial charge in [0.2, 0.25) is 0 Å². The van der Waals surface area contributed by atoms with Gasteiger partial charge in [0.25, 0.3) is 5.91 Å². The van der Waals surface area contributed by atoms with Gasteiger partial charge in [0.1, 0.15) is 17.6 Å². The van der Waals surface area contributed by atoms with Gasteiger partial charge in [0, 0.05) is 26.3 Å². The maximum atomic E-state index is 12.1. The fourth-order valence-electron chi connectivity index (χ4n) is 2.71. The summed E-state index contributed by atoms with van der Waals surface area (Å²) in [6.45, 7) is 4.83. The van der Waals surface area contributed by atoms with E-state index in [-0.39, 0.29) is 11.9 Å². The normalized spacial score (nSPS) is 14.2. The van der Waals surface area contributed by atoms with E-state index in [1.807, 2.05) is 18.7 Å². The van der Waals surface area contributed by atoms with E-state index < -0.39 is 0 Å². The summed E-state index contributed by atoms with van der Waals surface area (Å²) >= 11 is 6.17. The number of carbonyl (C=O) groups is 1. The molecule has 24 heavy (non-hydrogen) atoms. The fourth-order valence-corrected chi connectivity index (χ4v) is 2.85. The van der Waals surface area contributed by atoms with E-state index in [0.717, 1.165) is 5.56 Å². The number of pyridine rings is 1. The zero-order chi connectivity index (χ0) is 17.4. The summed E-state index contributed by atoms with van der Waals surface area (Å²) in [5, 5.41) is 16.9. The summed E-state index contributed by atoms with van der Waals surface area (Å²) < 4.78 is 1.59. The minimum absolute atomic E-state index is 0.00383. The van der Waals surface area contributed by atoms with Crippen LogP contribution >= 0.6 is 11.6 Å². The Balaban J connectivity index is 1.69. The number of nitrogens with one attached hydrogen (secondary N) is 1. The van der Waals surface area contributed by atoms with Crippen molar-refractivity contribution in [2.45, 2.75) is 19.9 Å². The van der Waals surface area contributed by atoms with E-state index in [1.54, 1.807) is 24.0 Å². The molecule has 0 atom stereocenters. The first-order chi connectivity index (χ1) is 11.4. The van der Waals surface area contributed by atoms with Crippen LogP contribution in [0.25, 0.3) is 0 Å². The molecule has 3 heterocycles. The summed E-state index contributed by atoms with van der Waals surface area (Å²) in [4.78, 5) is 18.5. The molecule has 7 nitrogen and oxygen atoms in total. The van der Waals surface area contributed by atoms with Gasteiger partial charge < -0.3 is 10.2 Å². The molecule has 0 saturated carbocycles. The van der Waals surface area contributed by atoms with Gasteiger partial charge in [-0.15, -0.1) is 0 Å². The molecule has 0 unspecified atom stereocenters. The van der Waals surface area contributed by atoms with E-state index >= 15 is 0 Å². The van der Waals surface area contributed by atoms with Crippen molar-refractivity contribution in [2.75, 3.05) is 18.0 Å². The molecule has 8 heteroatoms. The summed E-state index contributed by atoms with van der Waals surface area (Å²) in [5.74, 6) is 0.428. The van der Waals surface area contributed by atoms with Crippen LogP contribution in [-0.4, -0.2) is 39.8 Å². The molecule has 1 amide bonds. The van der Waals surface area contributed by atoms with E-state index in [4.69, 9.17) is 11.6 Å². The van der Waals surface area contributed by atoms with Gasteiger partial charge in [0.05, 0.1) is 22.3 Å². The Kier molecular flexibility index (Phi) is 4.16. The van der Waals surface area contributed by atoms with Gasteiger partial charge in [-0.05, 0) is 25.5 Å². The molecule has 0 aliphatic carbocycles. The maximum Gasteiger partial charge on any atom is 0.272 e. The number of halogens is 1. The number of anilines is 1. The smallest absolute Gasteiger partial charge is 0.272 e. The van der Waals surface area contributed by atoms with E-state index in [0.29, 0.717) is 40.9 Å². The molecule has 1 aliphatic rings. The van der Waals surface area contributed by atoms with Crippen LogP contribution in [0.1, 0.15) is 27.3 Å². The first-order valence-corrected chi connectivity index (χ1v) is 7.90. The van der Waals surface area contributed by atoms with Crippen LogP contribution in [0.3, 0.4) is 0 Å². The number of rotatable bonds is 3. The summed E-state index contributed by atoms with van der Waals surface area (Å²) in [6.07, 6.45) is 1.73. The highest BCUT2D eigenvalue weighted by molar-refractivity contribution is 6.32. The van der Waals surface area contributed by atoms with Gasteiger partial charge in [-0.25, -0.2) is 4.98 Å². The van der Waals surface area contributed by atoms with Crippen LogP contribution in [0, 0.1) is 25.2 Å². The van der Waals surface area contributed by atoms with E-state index in [2.05, 4.69) is 21.5 Å². The van der Waals surface area contributed by atoms with E-state index in [1.165, 1.54) is 0 Å². The number of hydrogen-bond donors (Lipinski definition) is 1. The molecule has 0 bridgehead atoms. The molecule has 2 aromatic heterocycles. The zero-order valence-corrected chi connectivity index (χ0v) is 14.4. The number of amides is 1. The second kappa shape index (κ2) is 6.13. The lowest BCUT2D eigenvalue weighted by molar-refractivity contribution is 0.0924. The Morgan fingerprint density at radius 1 is 1.46 bits per heavy atom. The van der Waals surface area contributed by atoms with Crippen LogP contribution in [0.2, 0.25) is 5.02 Å². The number of carbonyl (C=O) groups excluding carboxylic acids is 1. The fraction of sp³-hybridized carbons (Fsp3) is 0.375. The van der Waals surface area contributed by atoms with Crippen molar-refractivity contribution in [2.24, 2.45) is 7.05 Å². The number of hydrogen-bond acceptors (Lipinski definition) is 5. The van der Waals surface area contributed by atoms with Crippen molar-refractivity contribution in [3.8, 4) is 6.07 Å². The second-order valence-electron chi connectivity index (χ2n) is 5.90.